The van der Waals surface area contributed by atoms with Gasteiger partial charge in [0.05, 0.1) is 4.92 Å². The summed E-state index contributed by atoms with van der Waals surface area (Å²) >= 11 is 3.20. The number of rotatable bonds is 4. The Balaban J connectivity index is 3.22. The fourth-order valence-electron chi connectivity index (χ4n) is 1.53. The Morgan fingerprint density at radius 2 is 2.11 bits per heavy atom. The number of amides is 1. The van der Waals surface area contributed by atoms with Gasteiger partial charge in [0, 0.05) is 24.5 Å². The zero-order valence-corrected chi connectivity index (χ0v) is 11.8. The first-order chi connectivity index (χ1) is 8.75. The van der Waals surface area contributed by atoms with Gasteiger partial charge in [0.25, 0.3) is 5.91 Å². The highest BCUT2D eigenvalue weighted by atomic mass is 79.9. The van der Waals surface area contributed by atoms with Crippen LogP contribution >= 0.6 is 15.9 Å². The van der Waals surface area contributed by atoms with Crippen LogP contribution in [-0.4, -0.2) is 34.2 Å². The first-order valence-corrected chi connectivity index (χ1v) is 6.19. The van der Waals surface area contributed by atoms with Crippen molar-refractivity contribution >= 4 is 27.5 Å². The van der Waals surface area contributed by atoms with Gasteiger partial charge in [-0.3, -0.25) is 14.9 Å². The predicted octanol–water partition coefficient (Wildman–Crippen LogP) is 2.73. The lowest BCUT2D eigenvalue weighted by Gasteiger charge is -2.19. The molecule has 0 spiro atoms. The predicted molar refractivity (Wildman–Crippen MR) is 68.4 cm³/mol. The van der Waals surface area contributed by atoms with Crippen LogP contribution in [0.2, 0.25) is 0 Å². The summed E-state index contributed by atoms with van der Waals surface area (Å²) in [5.74, 6) is -3.52. The number of hydrogen-bond donors (Lipinski definition) is 0. The molecule has 0 saturated carbocycles. The molecule has 0 aromatic heterocycles. The number of nitrogens with zero attached hydrogens (tertiary/aromatic N) is 2. The molecule has 0 bridgehead atoms. The number of nitro benzene ring substituents is 1. The van der Waals surface area contributed by atoms with Crippen LogP contribution in [0, 0.1) is 21.7 Å². The summed E-state index contributed by atoms with van der Waals surface area (Å²) in [6.45, 7) is 1.96. The minimum Gasteiger partial charge on any atom is -0.340 e. The topological polar surface area (TPSA) is 63.5 Å². The van der Waals surface area contributed by atoms with Crippen molar-refractivity contribution in [1.82, 2.24) is 4.90 Å². The van der Waals surface area contributed by atoms with Crippen LogP contribution in [-0.2, 0) is 0 Å². The molecular formula is C11H11BrF2N2O3. The second-order valence-corrected chi connectivity index (χ2v) is 5.54. The van der Waals surface area contributed by atoms with Crippen LogP contribution in [0.5, 0.6) is 0 Å². The number of alkyl halides is 1. The van der Waals surface area contributed by atoms with E-state index in [2.05, 4.69) is 15.9 Å². The van der Waals surface area contributed by atoms with Crippen molar-refractivity contribution in [3.8, 4) is 0 Å². The molecule has 1 aromatic rings. The van der Waals surface area contributed by atoms with E-state index in [1.165, 1.54) is 7.05 Å². The second kappa shape index (κ2) is 6.05. The van der Waals surface area contributed by atoms with E-state index < -0.39 is 33.7 Å². The smallest absolute Gasteiger partial charge is 0.305 e. The van der Waals surface area contributed by atoms with Gasteiger partial charge in [-0.15, -0.1) is 0 Å². The Labute approximate surface area is 116 Å². The van der Waals surface area contributed by atoms with Crippen molar-refractivity contribution < 1.29 is 18.5 Å². The molecular weight excluding hydrogens is 326 g/mol. The molecule has 104 valence electrons. The monoisotopic (exact) mass is 336 g/mol. The van der Waals surface area contributed by atoms with E-state index in [-0.39, 0.29) is 11.4 Å². The maximum absolute atomic E-state index is 13.8. The SMILES string of the molecule is CC(Br)CN(C)C(=O)c1c(F)ccc([N+](=O)[O-])c1F. The Bertz CT molecular complexity index is 523. The Kier molecular flexibility index (Phi) is 4.93. The van der Waals surface area contributed by atoms with Crippen LogP contribution in [0.15, 0.2) is 12.1 Å². The van der Waals surface area contributed by atoms with Gasteiger partial charge in [0.1, 0.15) is 11.4 Å². The van der Waals surface area contributed by atoms with E-state index in [0.717, 1.165) is 4.90 Å². The Hall–Kier alpha value is -1.57. The van der Waals surface area contributed by atoms with Crippen molar-refractivity contribution in [3.05, 3.63) is 39.4 Å². The summed E-state index contributed by atoms with van der Waals surface area (Å²) in [6, 6.07) is 1.40. The van der Waals surface area contributed by atoms with Crippen LogP contribution in [0.1, 0.15) is 17.3 Å². The molecule has 8 heteroatoms. The number of carbonyl (C=O) groups excluding carboxylic acids is 1. The highest BCUT2D eigenvalue weighted by molar-refractivity contribution is 9.09. The molecule has 5 nitrogen and oxygen atoms in total. The molecule has 19 heavy (non-hydrogen) atoms. The van der Waals surface area contributed by atoms with Crippen LogP contribution in [0.3, 0.4) is 0 Å². The first kappa shape index (κ1) is 15.5. The lowest BCUT2D eigenvalue weighted by atomic mass is 10.1. The van der Waals surface area contributed by atoms with Crippen molar-refractivity contribution in [3.63, 3.8) is 0 Å². The Morgan fingerprint density at radius 3 is 2.58 bits per heavy atom. The standard InChI is InChI=1S/C11H11BrF2N2O3/c1-6(12)5-15(2)11(17)9-7(13)3-4-8(10(9)14)16(18)19/h3-4,6H,5H2,1-2H3. The number of nitro groups is 1. The lowest BCUT2D eigenvalue weighted by molar-refractivity contribution is -0.387. The summed E-state index contributed by atoms with van der Waals surface area (Å²) in [6.07, 6.45) is 0. The van der Waals surface area contributed by atoms with Gasteiger partial charge in [-0.1, -0.05) is 22.9 Å². The molecule has 0 heterocycles. The fraction of sp³-hybridized carbons (Fsp3) is 0.364. The molecule has 1 atom stereocenters. The zero-order chi connectivity index (χ0) is 14.7. The first-order valence-electron chi connectivity index (χ1n) is 5.27. The third kappa shape index (κ3) is 3.46. The number of benzene rings is 1. The van der Waals surface area contributed by atoms with E-state index >= 15 is 0 Å². The molecule has 1 unspecified atom stereocenters. The fourth-order valence-corrected chi connectivity index (χ4v) is 1.96. The van der Waals surface area contributed by atoms with Crippen LogP contribution in [0.4, 0.5) is 14.5 Å². The zero-order valence-electron chi connectivity index (χ0n) is 10.2. The number of hydrogen-bond acceptors (Lipinski definition) is 3. The summed E-state index contributed by atoms with van der Waals surface area (Å²) in [4.78, 5) is 22.5. The molecule has 1 amide bonds. The molecule has 0 saturated heterocycles. The maximum atomic E-state index is 13.8. The molecule has 0 radical (unpaired) electrons. The van der Waals surface area contributed by atoms with Crippen molar-refractivity contribution in [2.24, 2.45) is 0 Å². The third-order valence-corrected chi connectivity index (χ3v) is 2.64. The lowest BCUT2D eigenvalue weighted by Crippen LogP contribution is -2.32. The maximum Gasteiger partial charge on any atom is 0.305 e. The molecule has 0 aliphatic heterocycles. The van der Waals surface area contributed by atoms with Gasteiger partial charge in [-0.05, 0) is 6.07 Å². The van der Waals surface area contributed by atoms with Crippen molar-refractivity contribution in [2.75, 3.05) is 13.6 Å². The minimum atomic E-state index is -1.45. The van der Waals surface area contributed by atoms with Crippen LogP contribution < -0.4 is 0 Å². The highest BCUT2D eigenvalue weighted by Gasteiger charge is 2.28. The van der Waals surface area contributed by atoms with E-state index in [1.807, 2.05) is 0 Å². The molecule has 0 N–H and O–H groups in total. The second-order valence-electron chi connectivity index (χ2n) is 3.98. The summed E-state index contributed by atoms with van der Waals surface area (Å²) in [5.41, 5.74) is -1.84. The van der Waals surface area contributed by atoms with Gasteiger partial charge in [-0.2, -0.15) is 4.39 Å². The van der Waals surface area contributed by atoms with Gasteiger partial charge in [0.2, 0.25) is 5.82 Å². The third-order valence-electron chi connectivity index (χ3n) is 2.35. The summed E-state index contributed by atoms with van der Waals surface area (Å²) in [7, 11) is 1.36. The van der Waals surface area contributed by atoms with E-state index in [4.69, 9.17) is 0 Å². The molecule has 0 aliphatic rings. The molecule has 0 fully saturated rings. The summed E-state index contributed by atoms with van der Waals surface area (Å²) < 4.78 is 27.3. The van der Waals surface area contributed by atoms with E-state index in [0.29, 0.717) is 12.1 Å². The average molecular weight is 337 g/mol. The normalized spacial score (nSPS) is 12.1. The average Bonchev–Trinajstić information content (AvgIpc) is 2.27. The molecule has 0 aliphatic carbocycles. The Morgan fingerprint density at radius 1 is 1.53 bits per heavy atom. The van der Waals surface area contributed by atoms with Gasteiger partial charge < -0.3 is 4.90 Å². The molecule has 1 aromatic carbocycles. The largest absolute Gasteiger partial charge is 0.340 e. The summed E-state index contributed by atoms with van der Waals surface area (Å²) in [5, 5.41) is 10.6. The van der Waals surface area contributed by atoms with E-state index in [9.17, 15) is 23.7 Å². The van der Waals surface area contributed by atoms with Gasteiger partial charge in [-0.25, -0.2) is 4.39 Å². The van der Waals surface area contributed by atoms with Gasteiger partial charge >= 0.3 is 5.69 Å². The quantitative estimate of drug-likeness (QED) is 0.482. The minimum absolute atomic E-state index is 0.0775. The van der Waals surface area contributed by atoms with Gasteiger partial charge in [0.15, 0.2) is 0 Å². The number of halogens is 3. The highest BCUT2D eigenvalue weighted by Crippen LogP contribution is 2.24. The van der Waals surface area contributed by atoms with E-state index in [1.54, 1.807) is 6.92 Å². The van der Waals surface area contributed by atoms with Crippen LogP contribution in [0.25, 0.3) is 0 Å². The number of carbonyl (C=O) groups is 1. The van der Waals surface area contributed by atoms with Crippen molar-refractivity contribution in [1.29, 1.82) is 0 Å². The van der Waals surface area contributed by atoms with Crippen molar-refractivity contribution in [2.45, 2.75) is 11.8 Å². The molecule has 1 rings (SSSR count).